The second-order valence-corrected chi connectivity index (χ2v) is 6.71. The van der Waals surface area contributed by atoms with Gasteiger partial charge < -0.3 is 11.1 Å². The van der Waals surface area contributed by atoms with Gasteiger partial charge in [0.15, 0.2) is 0 Å². The predicted molar refractivity (Wildman–Crippen MR) is 82.1 cm³/mol. The molecule has 0 fully saturated rings. The topological polar surface area (TPSA) is 55.1 Å². The van der Waals surface area contributed by atoms with E-state index in [1.54, 1.807) is 0 Å². The van der Waals surface area contributed by atoms with Crippen LogP contribution in [0, 0.1) is 18.3 Å². The van der Waals surface area contributed by atoms with E-state index in [9.17, 15) is 4.79 Å². The van der Waals surface area contributed by atoms with E-state index in [1.807, 2.05) is 25.1 Å². The number of nitrogens with one attached hydrogen (secondary N) is 1. The summed E-state index contributed by atoms with van der Waals surface area (Å²) in [4.78, 5) is 12.0. The maximum atomic E-state index is 12.0. The molecule has 3 N–H and O–H groups in total. The molecule has 0 aromatic heterocycles. The van der Waals surface area contributed by atoms with Crippen molar-refractivity contribution in [2.75, 3.05) is 11.1 Å². The largest absolute Gasteiger partial charge is 0.397 e. The summed E-state index contributed by atoms with van der Waals surface area (Å²) in [6, 6.07) is 5.67. The number of nitrogens with two attached hydrogens (primary N) is 1. The van der Waals surface area contributed by atoms with Crippen LogP contribution in [0.3, 0.4) is 0 Å². The number of carbonyl (C=O) groups excluding carboxylic acids is 1. The molecule has 0 radical (unpaired) electrons. The van der Waals surface area contributed by atoms with Gasteiger partial charge in [-0.05, 0) is 42.4 Å². The van der Waals surface area contributed by atoms with Gasteiger partial charge in [-0.25, -0.2) is 0 Å². The van der Waals surface area contributed by atoms with Crippen molar-refractivity contribution >= 4 is 17.3 Å². The maximum absolute atomic E-state index is 12.0. The number of carbonyl (C=O) groups is 1. The highest BCUT2D eigenvalue weighted by Crippen LogP contribution is 2.26. The average molecular weight is 262 g/mol. The summed E-state index contributed by atoms with van der Waals surface area (Å²) in [5.41, 5.74) is 8.53. The van der Waals surface area contributed by atoms with Crippen molar-refractivity contribution < 1.29 is 4.79 Å². The van der Waals surface area contributed by atoms with Crippen molar-refractivity contribution in [1.82, 2.24) is 0 Å². The first-order valence-electron chi connectivity index (χ1n) is 6.83. The minimum absolute atomic E-state index is 0.0362. The lowest BCUT2D eigenvalue weighted by molar-refractivity contribution is -0.117. The van der Waals surface area contributed by atoms with Crippen molar-refractivity contribution in [2.24, 2.45) is 11.3 Å². The van der Waals surface area contributed by atoms with Gasteiger partial charge in [-0.1, -0.05) is 33.8 Å². The molecule has 0 heterocycles. The molecule has 0 saturated carbocycles. The Morgan fingerprint density at radius 3 is 2.58 bits per heavy atom. The molecule has 3 heteroatoms. The van der Waals surface area contributed by atoms with Crippen molar-refractivity contribution in [3.05, 3.63) is 23.8 Å². The van der Waals surface area contributed by atoms with Crippen LogP contribution in [-0.2, 0) is 4.79 Å². The molecule has 0 aliphatic heterocycles. The van der Waals surface area contributed by atoms with Gasteiger partial charge in [0, 0.05) is 6.42 Å². The van der Waals surface area contributed by atoms with Crippen LogP contribution >= 0.6 is 0 Å². The van der Waals surface area contributed by atoms with Crippen LogP contribution < -0.4 is 11.1 Å². The number of amides is 1. The fraction of sp³-hybridized carbons (Fsp3) is 0.562. The normalized spacial score (nSPS) is 13.1. The lowest BCUT2D eigenvalue weighted by Crippen LogP contribution is -2.19. The van der Waals surface area contributed by atoms with Crippen LogP contribution in [0.15, 0.2) is 18.2 Å². The van der Waals surface area contributed by atoms with E-state index in [1.165, 1.54) is 0 Å². The van der Waals surface area contributed by atoms with E-state index in [0.717, 1.165) is 12.0 Å². The van der Waals surface area contributed by atoms with Gasteiger partial charge in [0.05, 0.1) is 11.4 Å². The van der Waals surface area contributed by atoms with Gasteiger partial charge in [-0.3, -0.25) is 4.79 Å². The van der Waals surface area contributed by atoms with E-state index in [0.29, 0.717) is 23.7 Å². The zero-order valence-electron chi connectivity index (χ0n) is 12.7. The summed E-state index contributed by atoms with van der Waals surface area (Å²) in [5.74, 6) is 0.403. The molecule has 1 unspecified atom stereocenters. The Bertz CT molecular complexity index is 447. The summed E-state index contributed by atoms with van der Waals surface area (Å²) in [6.07, 6.45) is 1.56. The van der Waals surface area contributed by atoms with Crippen LogP contribution in [0.1, 0.15) is 46.1 Å². The second-order valence-electron chi connectivity index (χ2n) is 6.71. The van der Waals surface area contributed by atoms with Crippen molar-refractivity contribution in [3.63, 3.8) is 0 Å². The quantitative estimate of drug-likeness (QED) is 0.806. The molecular formula is C16H26N2O. The van der Waals surface area contributed by atoms with E-state index in [4.69, 9.17) is 5.73 Å². The van der Waals surface area contributed by atoms with Crippen LogP contribution in [0.25, 0.3) is 0 Å². The molecule has 1 atom stereocenters. The minimum atomic E-state index is 0.0362. The molecule has 1 amide bonds. The molecule has 3 nitrogen and oxygen atoms in total. The predicted octanol–water partition coefficient (Wildman–Crippen LogP) is 3.98. The highest BCUT2D eigenvalue weighted by atomic mass is 16.1. The van der Waals surface area contributed by atoms with Crippen LogP contribution in [-0.4, -0.2) is 5.91 Å². The molecule has 0 aliphatic carbocycles. The smallest absolute Gasteiger partial charge is 0.224 e. The molecule has 0 bridgehead atoms. The summed E-state index contributed by atoms with van der Waals surface area (Å²) < 4.78 is 0. The highest BCUT2D eigenvalue weighted by Gasteiger charge is 2.18. The summed E-state index contributed by atoms with van der Waals surface area (Å²) in [5, 5.41) is 2.90. The van der Waals surface area contributed by atoms with Crippen molar-refractivity contribution in [2.45, 2.75) is 47.5 Å². The van der Waals surface area contributed by atoms with E-state index in [2.05, 4.69) is 33.0 Å². The summed E-state index contributed by atoms with van der Waals surface area (Å²) in [6.45, 7) is 10.7. The number of rotatable bonds is 4. The van der Waals surface area contributed by atoms with E-state index in [-0.39, 0.29) is 11.3 Å². The lowest BCUT2D eigenvalue weighted by atomic mass is 9.84. The molecule has 106 valence electrons. The summed E-state index contributed by atoms with van der Waals surface area (Å²) >= 11 is 0. The van der Waals surface area contributed by atoms with Gasteiger partial charge in [-0.15, -0.1) is 0 Å². The number of anilines is 2. The second kappa shape index (κ2) is 6.09. The van der Waals surface area contributed by atoms with Crippen LogP contribution in [0.4, 0.5) is 11.4 Å². The first kappa shape index (κ1) is 15.5. The monoisotopic (exact) mass is 262 g/mol. The standard InChI is InChI=1S/C16H26N2O/c1-11-6-7-13(17)14(8-11)18-15(19)9-12(2)10-16(3,4)5/h6-8,12H,9-10,17H2,1-5H3,(H,18,19). The molecule has 19 heavy (non-hydrogen) atoms. The minimum Gasteiger partial charge on any atom is -0.397 e. The fourth-order valence-corrected chi connectivity index (χ4v) is 2.41. The zero-order valence-corrected chi connectivity index (χ0v) is 12.7. The molecule has 0 saturated heterocycles. The van der Waals surface area contributed by atoms with Crippen LogP contribution in [0.5, 0.6) is 0 Å². The van der Waals surface area contributed by atoms with Gasteiger partial charge in [0.2, 0.25) is 5.91 Å². The maximum Gasteiger partial charge on any atom is 0.224 e. The van der Waals surface area contributed by atoms with E-state index >= 15 is 0 Å². The van der Waals surface area contributed by atoms with Gasteiger partial charge in [-0.2, -0.15) is 0 Å². The Hall–Kier alpha value is -1.51. The number of hydrogen-bond acceptors (Lipinski definition) is 2. The molecule has 0 spiro atoms. The van der Waals surface area contributed by atoms with Crippen molar-refractivity contribution in [1.29, 1.82) is 0 Å². The van der Waals surface area contributed by atoms with Crippen molar-refractivity contribution in [3.8, 4) is 0 Å². The molecule has 0 aliphatic rings. The average Bonchev–Trinajstić information content (AvgIpc) is 2.20. The van der Waals surface area contributed by atoms with Gasteiger partial charge >= 0.3 is 0 Å². The number of benzene rings is 1. The lowest BCUT2D eigenvalue weighted by Gasteiger charge is -2.22. The fourth-order valence-electron chi connectivity index (χ4n) is 2.41. The van der Waals surface area contributed by atoms with Crippen LogP contribution in [0.2, 0.25) is 0 Å². The Labute approximate surface area is 116 Å². The van der Waals surface area contributed by atoms with E-state index < -0.39 is 0 Å². The Kier molecular flexibility index (Phi) is 4.98. The zero-order chi connectivity index (χ0) is 14.6. The van der Waals surface area contributed by atoms with Gasteiger partial charge in [0.1, 0.15) is 0 Å². The first-order chi connectivity index (χ1) is 8.67. The first-order valence-corrected chi connectivity index (χ1v) is 6.83. The Balaban J connectivity index is 2.58. The Morgan fingerprint density at radius 2 is 2.00 bits per heavy atom. The molecular weight excluding hydrogens is 236 g/mol. The Morgan fingerprint density at radius 1 is 1.37 bits per heavy atom. The SMILES string of the molecule is Cc1ccc(N)c(NC(=O)CC(C)CC(C)(C)C)c1. The highest BCUT2D eigenvalue weighted by molar-refractivity contribution is 5.94. The third-order valence-corrected chi connectivity index (χ3v) is 2.98. The number of hydrogen-bond donors (Lipinski definition) is 2. The van der Waals surface area contributed by atoms with Gasteiger partial charge in [0.25, 0.3) is 0 Å². The molecule has 1 aromatic rings. The molecule has 1 aromatic carbocycles. The number of nitrogen functional groups attached to an aromatic ring is 1. The third-order valence-electron chi connectivity index (χ3n) is 2.98. The number of aryl methyl sites for hydroxylation is 1. The molecule has 1 rings (SSSR count). The third kappa shape index (κ3) is 5.77. The summed E-state index contributed by atoms with van der Waals surface area (Å²) in [7, 11) is 0.